The van der Waals surface area contributed by atoms with Gasteiger partial charge >= 0.3 is 0 Å². The predicted molar refractivity (Wildman–Crippen MR) is 107 cm³/mol. The highest BCUT2D eigenvalue weighted by Crippen LogP contribution is 2.28. The van der Waals surface area contributed by atoms with Crippen LogP contribution < -0.4 is 10.1 Å². The lowest BCUT2D eigenvalue weighted by molar-refractivity contribution is 0.415. The molecule has 4 rings (SSSR count). The summed E-state index contributed by atoms with van der Waals surface area (Å²) in [7, 11) is 1.64. The highest BCUT2D eigenvalue weighted by atomic mass is 79.9. The minimum absolute atomic E-state index is 0.590. The number of benzene rings is 2. The summed E-state index contributed by atoms with van der Waals surface area (Å²) in [6.07, 6.45) is 1.73. The van der Waals surface area contributed by atoms with Crippen molar-refractivity contribution >= 4 is 38.5 Å². The average molecular weight is 407 g/mol. The Bertz CT molecular complexity index is 1080. The maximum Gasteiger partial charge on any atom is 0.165 e. The van der Waals surface area contributed by atoms with Gasteiger partial charge in [0.1, 0.15) is 11.6 Å². The number of halogens is 1. The van der Waals surface area contributed by atoms with Gasteiger partial charge in [0.15, 0.2) is 11.5 Å². The van der Waals surface area contributed by atoms with Gasteiger partial charge < -0.3 is 10.1 Å². The van der Waals surface area contributed by atoms with Gasteiger partial charge in [0.25, 0.3) is 0 Å². The Labute approximate surface area is 159 Å². The molecule has 26 heavy (non-hydrogen) atoms. The van der Waals surface area contributed by atoms with E-state index in [9.17, 15) is 0 Å². The number of rotatable bonds is 4. The molecule has 0 amide bonds. The van der Waals surface area contributed by atoms with Crippen molar-refractivity contribution in [1.29, 1.82) is 0 Å². The molecule has 128 valence electrons. The van der Waals surface area contributed by atoms with Crippen molar-refractivity contribution in [3.05, 3.63) is 71.3 Å². The van der Waals surface area contributed by atoms with Crippen LogP contribution in [0.15, 0.2) is 71.3 Å². The molecule has 0 spiro atoms. The minimum Gasteiger partial charge on any atom is -0.497 e. The summed E-state index contributed by atoms with van der Waals surface area (Å²) in [5, 5.41) is 4.23. The van der Waals surface area contributed by atoms with Crippen molar-refractivity contribution in [3.8, 4) is 17.1 Å². The smallest absolute Gasteiger partial charge is 0.165 e. The predicted octanol–water partition coefficient (Wildman–Crippen LogP) is 5.21. The number of anilines is 2. The van der Waals surface area contributed by atoms with Gasteiger partial charge in [0.2, 0.25) is 0 Å². The second-order valence-electron chi connectivity index (χ2n) is 5.64. The van der Waals surface area contributed by atoms with Crippen LogP contribution in [-0.4, -0.2) is 22.1 Å². The zero-order valence-corrected chi connectivity index (χ0v) is 15.6. The molecule has 2 aromatic heterocycles. The molecule has 2 heterocycles. The van der Waals surface area contributed by atoms with E-state index < -0.39 is 0 Å². The van der Waals surface area contributed by atoms with Gasteiger partial charge in [-0.2, -0.15) is 0 Å². The normalized spacial score (nSPS) is 10.7. The second kappa shape index (κ2) is 7.09. The lowest BCUT2D eigenvalue weighted by Gasteiger charge is -2.11. The van der Waals surface area contributed by atoms with E-state index in [0.29, 0.717) is 17.3 Å². The van der Waals surface area contributed by atoms with E-state index in [0.717, 1.165) is 26.9 Å². The molecule has 2 aromatic carbocycles. The second-order valence-corrected chi connectivity index (χ2v) is 6.55. The van der Waals surface area contributed by atoms with Crippen LogP contribution in [0.2, 0.25) is 0 Å². The molecular formula is C20H15BrN4O. The van der Waals surface area contributed by atoms with Crippen molar-refractivity contribution in [2.45, 2.75) is 0 Å². The highest BCUT2D eigenvalue weighted by molar-refractivity contribution is 9.10. The number of nitrogens with zero attached hydrogens (tertiary/aromatic N) is 3. The molecule has 0 aliphatic rings. The first-order valence-corrected chi connectivity index (χ1v) is 8.82. The summed E-state index contributed by atoms with van der Waals surface area (Å²) in [6.45, 7) is 0. The van der Waals surface area contributed by atoms with E-state index in [2.05, 4.69) is 31.2 Å². The number of hydrogen-bond acceptors (Lipinski definition) is 5. The van der Waals surface area contributed by atoms with E-state index in [1.807, 2.05) is 60.7 Å². The van der Waals surface area contributed by atoms with Crippen LogP contribution in [0.4, 0.5) is 11.5 Å². The van der Waals surface area contributed by atoms with Crippen LogP contribution in [0.5, 0.6) is 5.75 Å². The molecule has 0 aliphatic heterocycles. The number of hydrogen-bond donors (Lipinski definition) is 1. The lowest BCUT2D eigenvalue weighted by Crippen LogP contribution is -2.00. The fourth-order valence-corrected chi connectivity index (χ4v) is 3.05. The first-order chi connectivity index (χ1) is 12.7. The van der Waals surface area contributed by atoms with Gasteiger partial charge in [-0.1, -0.05) is 34.1 Å². The summed E-state index contributed by atoms with van der Waals surface area (Å²) in [6, 6.07) is 19.4. The monoisotopic (exact) mass is 406 g/mol. The molecule has 5 nitrogen and oxygen atoms in total. The zero-order valence-electron chi connectivity index (χ0n) is 14.0. The van der Waals surface area contributed by atoms with Crippen molar-refractivity contribution < 1.29 is 4.74 Å². The molecule has 0 fully saturated rings. The number of ether oxygens (including phenoxy) is 1. The van der Waals surface area contributed by atoms with Crippen molar-refractivity contribution in [1.82, 2.24) is 15.0 Å². The molecular weight excluding hydrogens is 392 g/mol. The van der Waals surface area contributed by atoms with Crippen molar-refractivity contribution in [3.63, 3.8) is 0 Å². The molecule has 0 saturated heterocycles. The first kappa shape index (κ1) is 16.5. The highest BCUT2D eigenvalue weighted by Gasteiger charge is 2.11. The van der Waals surface area contributed by atoms with Crippen LogP contribution in [-0.2, 0) is 0 Å². The largest absolute Gasteiger partial charge is 0.497 e. The maximum atomic E-state index is 5.31. The van der Waals surface area contributed by atoms with Crippen LogP contribution in [0.1, 0.15) is 0 Å². The molecule has 6 heteroatoms. The Kier molecular flexibility index (Phi) is 4.50. The summed E-state index contributed by atoms with van der Waals surface area (Å²) < 4.78 is 6.30. The number of nitrogens with one attached hydrogen (secondary N) is 1. The van der Waals surface area contributed by atoms with Crippen LogP contribution in [0.3, 0.4) is 0 Å². The Hall–Kier alpha value is -2.99. The average Bonchev–Trinajstić information content (AvgIpc) is 2.68. The maximum absolute atomic E-state index is 5.31. The third-order valence-corrected chi connectivity index (χ3v) is 4.38. The standard InChI is InChI=1S/C20H15BrN4O/c1-26-16-8-2-5-13(11-16)18-24-19-17(9-4-10-22-19)20(25-18)23-15-7-3-6-14(21)12-15/h2-12H,1H3,(H,22,23,24,25). The van der Waals surface area contributed by atoms with Crippen molar-refractivity contribution in [2.24, 2.45) is 0 Å². The van der Waals surface area contributed by atoms with E-state index in [-0.39, 0.29) is 0 Å². The molecule has 0 aliphatic carbocycles. The van der Waals surface area contributed by atoms with Crippen LogP contribution >= 0.6 is 15.9 Å². The Balaban J connectivity index is 1.85. The van der Waals surface area contributed by atoms with E-state index in [4.69, 9.17) is 9.72 Å². The summed E-state index contributed by atoms with van der Waals surface area (Å²) in [5.74, 6) is 2.06. The van der Waals surface area contributed by atoms with Gasteiger partial charge in [-0.05, 0) is 42.5 Å². The Morgan fingerprint density at radius 1 is 0.962 bits per heavy atom. The Morgan fingerprint density at radius 2 is 1.85 bits per heavy atom. The lowest BCUT2D eigenvalue weighted by atomic mass is 10.2. The molecule has 0 saturated carbocycles. The molecule has 1 N–H and O–H groups in total. The number of pyridine rings is 1. The minimum atomic E-state index is 0.590. The van der Waals surface area contributed by atoms with Gasteiger partial charge in [-0.25, -0.2) is 15.0 Å². The quantitative estimate of drug-likeness (QED) is 0.504. The van der Waals surface area contributed by atoms with Gasteiger partial charge in [-0.15, -0.1) is 0 Å². The van der Waals surface area contributed by atoms with Gasteiger partial charge in [-0.3, -0.25) is 0 Å². The van der Waals surface area contributed by atoms with E-state index in [1.54, 1.807) is 13.3 Å². The fraction of sp³-hybridized carbons (Fsp3) is 0.0500. The third kappa shape index (κ3) is 3.36. The number of methoxy groups -OCH3 is 1. The van der Waals surface area contributed by atoms with Crippen LogP contribution in [0.25, 0.3) is 22.4 Å². The summed E-state index contributed by atoms with van der Waals surface area (Å²) in [4.78, 5) is 13.8. The SMILES string of the molecule is COc1cccc(-c2nc(Nc3cccc(Br)c3)c3cccnc3n2)c1. The summed E-state index contributed by atoms with van der Waals surface area (Å²) in [5.41, 5.74) is 2.44. The topological polar surface area (TPSA) is 59.9 Å². The zero-order chi connectivity index (χ0) is 17.9. The number of aromatic nitrogens is 3. The van der Waals surface area contributed by atoms with Gasteiger partial charge in [0.05, 0.1) is 12.5 Å². The molecule has 0 radical (unpaired) electrons. The number of fused-ring (bicyclic) bond motifs is 1. The molecule has 0 bridgehead atoms. The van der Waals surface area contributed by atoms with Crippen molar-refractivity contribution in [2.75, 3.05) is 12.4 Å². The third-order valence-electron chi connectivity index (χ3n) is 3.89. The van der Waals surface area contributed by atoms with E-state index >= 15 is 0 Å². The summed E-state index contributed by atoms with van der Waals surface area (Å²) >= 11 is 3.49. The molecule has 0 unspecified atom stereocenters. The van der Waals surface area contributed by atoms with Gasteiger partial charge in [0, 0.05) is 21.9 Å². The Morgan fingerprint density at radius 3 is 2.69 bits per heavy atom. The van der Waals surface area contributed by atoms with Crippen LogP contribution in [0, 0.1) is 0 Å². The van der Waals surface area contributed by atoms with E-state index in [1.165, 1.54) is 0 Å². The molecule has 0 atom stereocenters. The first-order valence-electron chi connectivity index (χ1n) is 8.03. The fourth-order valence-electron chi connectivity index (χ4n) is 2.65. The molecule has 4 aromatic rings.